The zero-order valence-electron chi connectivity index (χ0n) is 12.1. The second-order valence-corrected chi connectivity index (χ2v) is 7.09. The van der Waals surface area contributed by atoms with Crippen LogP contribution in [0.3, 0.4) is 0 Å². The molecule has 1 aromatic carbocycles. The van der Waals surface area contributed by atoms with Crippen LogP contribution in [0.15, 0.2) is 24.3 Å². The lowest BCUT2D eigenvalue weighted by atomic mass is 10.0. The minimum absolute atomic E-state index is 0.172. The molecule has 1 heterocycles. The SMILES string of the molecule is N#Cc1cccc(CS(=O)(=O)NC(=O)CCC2CCOC2)c1. The maximum absolute atomic E-state index is 12.0. The number of nitriles is 1. The van der Waals surface area contributed by atoms with Gasteiger partial charge in [-0.15, -0.1) is 0 Å². The zero-order chi connectivity index (χ0) is 16.0. The fourth-order valence-electron chi connectivity index (χ4n) is 2.36. The van der Waals surface area contributed by atoms with Crippen LogP contribution >= 0.6 is 0 Å². The molecular weight excluding hydrogens is 304 g/mol. The van der Waals surface area contributed by atoms with Gasteiger partial charge in [0.2, 0.25) is 15.9 Å². The van der Waals surface area contributed by atoms with E-state index in [0.29, 0.717) is 36.7 Å². The summed E-state index contributed by atoms with van der Waals surface area (Å²) in [5, 5.41) is 8.80. The topological polar surface area (TPSA) is 96.3 Å². The van der Waals surface area contributed by atoms with Gasteiger partial charge in [0, 0.05) is 19.6 Å². The number of carbonyl (C=O) groups excluding carboxylic acids is 1. The van der Waals surface area contributed by atoms with Crippen molar-refractivity contribution in [2.24, 2.45) is 5.92 Å². The third-order valence-electron chi connectivity index (χ3n) is 3.49. The lowest BCUT2D eigenvalue weighted by molar-refractivity contribution is -0.119. The van der Waals surface area contributed by atoms with Gasteiger partial charge in [-0.2, -0.15) is 5.26 Å². The Morgan fingerprint density at radius 2 is 2.27 bits per heavy atom. The van der Waals surface area contributed by atoms with Crippen molar-refractivity contribution >= 4 is 15.9 Å². The summed E-state index contributed by atoms with van der Waals surface area (Å²) in [7, 11) is -3.74. The van der Waals surface area contributed by atoms with E-state index >= 15 is 0 Å². The fraction of sp³-hybridized carbons (Fsp3) is 0.467. The molecule has 1 N–H and O–H groups in total. The predicted molar refractivity (Wildman–Crippen MR) is 80.1 cm³/mol. The van der Waals surface area contributed by atoms with E-state index in [-0.39, 0.29) is 12.2 Å². The standard InChI is InChI=1S/C15H18N2O4S/c16-9-13-2-1-3-14(8-13)11-22(19,20)17-15(18)5-4-12-6-7-21-10-12/h1-3,8,12H,4-7,10-11H2,(H,17,18). The van der Waals surface area contributed by atoms with E-state index in [9.17, 15) is 13.2 Å². The van der Waals surface area contributed by atoms with Gasteiger partial charge in [-0.1, -0.05) is 12.1 Å². The second kappa shape index (κ2) is 7.38. The van der Waals surface area contributed by atoms with Gasteiger partial charge in [-0.3, -0.25) is 9.52 Å². The Morgan fingerprint density at radius 1 is 1.45 bits per heavy atom. The van der Waals surface area contributed by atoms with Crippen LogP contribution in [0, 0.1) is 17.2 Å². The quantitative estimate of drug-likeness (QED) is 0.852. The van der Waals surface area contributed by atoms with Crippen LogP contribution in [0.2, 0.25) is 0 Å². The molecule has 1 aliphatic heterocycles. The molecule has 1 aromatic rings. The van der Waals surface area contributed by atoms with Crippen molar-refractivity contribution in [1.29, 1.82) is 5.26 Å². The van der Waals surface area contributed by atoms with Crippen LogP contribution in [0.25, 0.3) is 0 Å². The van der Waals surface area contributed by atoms with Crippen molar-refractivity contribution in [3.63, 3.8) is 0 Å². The molecule has 1 unspecified atom stereocenters. The van der Waals surface area contributed by atoms with Crippen LogP contribution in [-0.4, -0.2) is 27.5 Å². The molecule has 0 saturated carbocycles. The molecule has 1 atom stereocenters. The molecule has 118 valence electrons. The molecular formula is C15H18N2O4S. The first-order valence-corrected chi connectivity index (χ1v) is 8.74. The molecule has 1 amide bonds. The maximum atomic E-state index is 12.0. The number of amides is 1. The van der Waals surface area contributed by atoms with Crippen LogP contribution in [0.5, 0.6) is 0 Å². The number of hydrogen-bond donors (Lipinski definition) is 1. The minimum atomic E-state index is -3.74. The molecule has 0 spiro atoms. The summed E-state index contributed by atoms with van der Waals surface area (Å²) in [5.74, 6) is -0.482. The molecule has 1 saturated heterocycles. The second-order valence-electron chi connectivity index (χ2n) is 5.36. The highest BCUT2D eigenvalue weighted by Gasteiger charge is 2.19. The van der Waals surface area contributed by atoms with Gasteiger partial charge in [0.1, 0.15) is 0 Å². The number of nitrogens with one attached hydrogen (secondary N) is 1. The number of hydrogen-bond acceptors (Lipinski definition) is 5. The summed E-state index contributed by atoms with van der Waals surface area (Å²) >= 11 is 0. The van der Waals surface area contributed by atoms with E-state index < -0.39 is 15.9 Å². The predicted octanol–water partition coefficient (Wildman–Crippen LogP) is 1.32. The normalized spacial score (nSPS) is 17.9. The van der Waals surface area contributed by atoms with Crippen molar-refractivity contribution in [3.8, 4) is 6.07 Å². The Hall–Kier alpha value is -1.91. The minimum Gasteiger partial charge on any atom is -0.381 e. The summed E-state index contributed by atoms with van der Waals surface area (Å²) in [5.41, 5.74) is 0.865. The van der Waals surface area contributed by atoms with E-state index in [1.54, 1.807) is 18.2 Å². The molecule has 0 radical (unpaired) electrons. The van der Waals surface area contributed by atoms with Crippen molar-refractivity contribution < 1.29 is 17.9 Å². The first-order chi connectivity index (χ1) is 10.5. The first-order valence-electron chi connectivity index (χ1n) is 7.08. The summed E-state index contributed by atoms with van der Waals surface area (Å²) in [6.07, 6.45) is 1.72. The van der Waals surface area contributed by atoms with Gasteiger partial charge in [-0.25, -0.2) is 8.42 Å². The lowest BCUT2D eigenvalue weighted by Crippen LogP contribution is -2.31. The Labute approximate surface area is 130 Å². The highest BCUT2D eigenvalue weighted by molar-refractivity contribution is 7.89. The summed E-state index contributed by atoms with van der Waals surface area (Å²) in [4.78, 5) is 11.7. The number of sulfonamides is 1. The molecule has 1 aliphatic rings. The summed E-state index contributed by atoms with van der Waals surface area (Å²) in [6, 6.07) is 8.27. The number of ether oxygens (including phenoxy) is 1. The largest absolute Gasteiger partial charge is 0.381 e. The average Bonchev–Trinajstić information content (AvgIpc) is 2.97. The number of rotatable bonds is 6. The van der Waals surface area contributed by atoms with Gasteiger partial charge in [0.05, 0.1) is 17.4 Å². The van der Waals surface area contributed by atoms with Gasteiger partial charge < -0.3 is 4.74 Å². The van der Waals surface area contributed by atoms with Gasteiger partial charge in [0.25, 0.3) is 0 Å². The third-order valence-corrected chi connectivity index (χ3v) is 4.74. The Balaban J connectivity index is 1.86. The highest BCUT2D eigenvalue weighted by Crippen LogP contribution is 2.18. The Bertz CT molecular complexity index is 673. The molecule has 1 fully saturated rings. The van der Waals surface area contributed by atoms with Crippen LogP contribution in [0.1, 0.15) is 30.4 Å². The number of carbonyl (C=O) groups is 1. The highest BCUT2D eigenvalue weighted by atomic mass is 32.2. The van der Waals surface area contributed by atoms with Gasteiger partial charge in [0.15, 0.2) is 0 Å². The van der Waals surface area contributed by atoms with Crippen molar-refractivity contribution in [2.45, 2.75) is 25.0 Å². The van der Waals surface area contributed by atoms with Crippen LogP contribution < -0.4 is 4.72 Å². The third kappa shape index (κ3) is 5.13. The van der Waals surface area contributed by atoms with Crippen LogP contribution in [0.4, 0.5) is 0 Å². The molecule has 0 aromatic heterocycles. The Morgan fingerprint density at radius 3 is 2.95 bits per heavy atom. The summed E-state index contributed by atoms with van der Waals surface area (Å²) in [6.45, 7) is 1.35. The first kappa shape index (κ1) is 16.5. The maximum Gasteiger partial charge on any atom is 0.239 e. The molecule has 0 bridgehead atoms. The fourth-order valence-corrected chi connectivity index (χ4v) is 3.50. The van der Waals surface area contributed by atoms with Gasteiger partial charge >= 0.3 is 0 Å². The average molecular weight is 322 g/mol. The van der Waals surface area contributed by atoms with E-state index in [1.807, 2.05) is 6.07 Å². The molecule has 6 nitrogen and oxygen atoms in total. The van der Waals surface area contributed by atoms with E-state index in [2.05, 4.69) is 4.72 Å². The number of nitrogens with zero attached hydrogens (tertiary/aromatic N) is 1. The van der Waals surface area contributed by atoms with Crippen molar-refractivity contribution in [2.75, 3.05) is 13.2 Å². The molecule has 0 aliphatic carbocycles. The Kier molecular flexibility index (Phi) is 5.52. The zero-order valence-corrected chi connectivity index (χ0v) is 12.9. The van der Waals surface area contributed by atoms with Gasteiger partial charge in [-0.05, 0) is 36.5 Å². The lowest BCUT2D eigenvalue weighted by Gasteiger charge is -2.09. The van der Waals surface area contributed by atoms with Crippen LogP contribution in [-0.2, 0) is 25.3 Å². The van der Waals surface area contributed by atoms with Crippen molar-refractivity contribution in [1.82, 2.24) is 4.72 Å². The monoisotopic (exact) mass is 322 g/mol. The molecule has 2 rings (SSSR count). The summed E-state index contributed by atoms with van der Waals surface area (Å²) < 4.78 is 31.2. The molecule has 22 heavy (non-hydrogen) atoms. The van der Waals surface area contributed by atoms with Crippen molar-refractivity contribution in [3.05, 3.63) is 35.4 Å². The smallest absolute Gasteiger partial charge is 0.239 e. The number of benzene rings is 1. The molecule has 7 heteroatoms. The van der Waals surface area contributed by atoms with E-state index in [0.717, 1.165) is 6.42 Å². The van der Waals surface area contributed by atoms with E-state index in [1.165, 1.54) is 6.07 Å². The van der Waals surface area contributed by atoms with E-state index in [4.69, 9.17) is 10.00 Å².